The van der Waals surface area contributed by atoms with Crippen molar-refractivity contribution in [1.29, 1.82) is 0 Å². The van der Waals surface area contributed by atoms with Gasteiger partial charge in [-0.25, -0.2) is 0 Å². The highest BCUT2D eigenvalue weighted by Gasteiger charge is 2.08. The number of ether oxygens (including phenoxy) is 1. The Hall–Kier alpha value is -0.500. The third kappa shape index (κ3) is 3.82. The lowest BCUT2D eigenvalue weighted by Crippen LogP contribution is -2.15. The summed E-state index contributed by atoms with van der Waals surface area (Å²) in [4.78, 5) is 0. The second-order valence-corrected chi connectivity index (χ2v) is 4.98. The van der Waals surface area contributed by atoms with E-state index in [-0.39, 0.29) is 0 Å². The Balaban J connectivity index is 2.74. The molecule has 1 N–H and O–H groups in total. The van der Waals surface area contributed by atoms with Gasteiger partial charge in [-0.15, -0.1) is 12.3 Å². The SMILES string of the molecule is C#CCCNCc1cc(Br)cc(Br)c1OC. The van der Waals surface area contributed by atoms with E-state index >= 15 is 0 Å². The molecular weight excluding hydrogens is 334 g/mol. The zero-order chi connectivity index (χ0) is 12.0. The largest absolute Gasteiger partial charge is 0.495 e. The topological polar surface area (TPSA) is 21.3 Å². The number of rotatable bonds is 5. The second kappa shape index (κ2) is 6.95. The lowest BCUT2D eigenvalue weighted by atomic mass is 10.2. The summed E-state index contributed by atoms with van der Waals surface area (Å²) in [6, 6.07) is 4.00. The Morgan fingerprint density at radius 1 is 1.44 bits per heavy atom. The number of hydrogen-bond donors (Lipinski definition) is 1. The average Bonchev–Trinajstić information content (AvgIpc) is 2.24. The maximum atomic E-state index is 5.34. The molecule has 0 aliphatic heterocycles. The first-order chi connectivity index (χ1) is 7.69. The monoisotopic (exact) mass is 345 g/mol. The van der Waals surface area contributed by atoms with Crippen LogP contribution in [0, 0.1) is 12.3 Å². The van der Waals surface area contributed by atoms with Crippen molar-refractivity contribution in [3.63, 3.8) is 0 Å². The van der Waals surface area contributed by atoms with Crippen LogP contribution in [0.25, 0.3) is 0 Å². The molecule has 0 aliphatic carbocycles. The van der Waals surface area contributed by atoms with E-state index in [1.807, 2.05) is 12.1 Å². The highest BCUT2D eigenvalue weighted by molar-refractivity contribution is 9.11. The number of methoxy groups -OCH3 is 1. The molecule has 0 saturated heterocycles. The zero-order valence-corrected chi connectivity index (χ0v) is 12.2. The Labute approximate surface area is 113 Å². The van der Waals surface area contributed by atoms with Crippen LogP contribution in [0.1, 0.15) is 12.0 Å². The van der Waals surface area contributed by atoms with Crippen LogP contribution >= 0.6 is 31.9 Å². The van der Waals surface area contributed by atoms with Crippen molar-refractivity contribution in [2.24, 2.45) is 0 Å². The molecule has 16 heavy (non-hydrogen) atoms. The van der Waals surface area contributed by atoms with Gasteiger partial charge in [0.05, 0.1) is 11.6 Å². The summed E-state index contributed by atoms with van der Waals surface area (Å²) in [6.07, 6.45) is 5.92. The van der Waals surface area contributed by atoms with Crippen molar-refractivity contribution < 1.29 is 4.74 Å². The van der Waals surface area contributed by atoms with Crippen LogP contribution in [-0.4, -0.2) is 13.7 Å². The molecule has 0 heterocycles. The molecule has 1 aromatic rings. The van der Waals surface area contributed by atoms with Crippen LogP contribution in [0.3, 0.4) is 0 Å². The average molecular weight is 347 g/mol. The van der Waals surface area contributed by atoms with E-state index in [9.17, 15) is 0 Å². The Morgan fingerprint density at radius 2 is 2.19 bits per heavy atom. The van der Waals surface area contributed by atoms with Gasteiger partial charge < -0.3 is 10.1 Å². The maximum Gasteiger partial charge on any atom is 0.137 e. The number of terminal acetylenes is 1. The molecule has 2 nitrogen and oxygen atoms in total. The van der Waals surface area contributed by atoms with E-state index in [1.165, 1.54) is 0 Å². The second-order valence-electron chi connectivity index (χ2n) is 3.21. The third-order valence-corrected chi connectivity index (χ3v) is 3.10. The molecule has 86 valence electrons. The van der Waals surface area contributed by atoms with E-state index in [2.05, 4.69) is 43.1 Å². The van der Waals surface area contributed by atoms with E-state index < -0.39 is 0 Å². The molecule has 0 fully saturated rings. The van der Waals surface area contributed by atoms with Gasteiger partial charge in [-0.2, -0.15) is 0 Å². The van der Waals surface area contributed by atoms with Crippen LogP contribution in [0.4, 0.5) is 0 Å². The van der Waals surface area contributed by atoms with Gasteiger partial charge in [-0.3, -0.25) is 0 Å². The van der Waals surface area contributed by atoms with Gasteiger partial charge in [0, 0.05) is 29.5 Å². The lowest BCUT2D eigenvalue weighted by Gasteiger charge is -2.11. The Bertz CT molecular complexity index is 399. The van der Waals surface area contributed by atoms with Gasteiger partial charge in [0.2, 0.25) is 0 Å². The normalized spacial score (nSPS) is 9.88. The predicted octanol–water partition coefficient (Wildman–Crippen LogP) is 3.33. The van der Waals surface area contributed by atoms with Crippen LogP contribution in [0.2, 0.25) is 0 Å². The smallest absolute Gasteiger partial charge is 0.137 e. The molecule has 4 heteroatoms. The summed E-state index contributed by atoms with van der Waals surface area (Å²) >= 11 is 6.92. The quantitative estimate of drug-likeness (QED) is 0.652. The van der Waals surface area contributed by atoms with Crippen LogP contribution in [0.5, 0.6) is 5.75 Å². The minimum atomic E-state index is 0.734. The number of halogens is 2. The fourth-order valence-electron chi connectivity index (χ4n) is 1.36. The minimum Gasteiger partial charge on any atom is -0.495 e. The van der Waals surface area contributed by atoms with E-state index in [4.69, 9.17) is 11.2 Å². The summed E-state index contributed by atoms with van der Waals surface area (Å²) < 4.78 is 7.30. The van der Waals surface area contributed by atoms with Gasteiger partial charge >= 0.3 is 0 Å². The van der Waals surface area contributed by atoms with Crippen molar-refractivity contribution in [2.45, 2.75) is 13.0 Å². The summed E-state index contributed by atoms with van der Waals surface area (Å²) in [7, 11) is 1.67. The molecule has 0 aliphatic rings. The first-order valence-corrected chi connectivity index (χ1v) is 6.43. The van der Waals surface area contributed by atoms with Gasteiger partial charge in [-0.1, -0.05) is 15.9 Å². The van der Waals surface area contributed by atoms with Crippen molar-refractivity contribution in [3.05, 3.63) is 26.6 Å². The van der Waals surface area contributed by atoms with Gasteiger partial charge in [0.1, 0.15) is 5.75 Å². The molecule has 0 spiro atoms. The molecule has 0 unspecified atom stereocenters. The maximum absolute atomic E-state index is 5.34. The summed E-state index contributed by atoms with van der Waals surface area (Å²) in [6.45, 7) is 1.55. The van der Waals surface area contributed by atoms with E-state index in [0.29, 0.717) is 0 Å². The number of hydrogen-bond acceptors (Lipinski definition) is 2. The van der Waals surface area contributed by atoms with Crippen LogP contribution in [-0.2, 0) is 6.54 Å². The molecule has 1 rings (SSSR count). The Kier molecular flexibility index (Phi) is 5.89. The zero-order valence-electron chi connectivity index (χ0n) is 9.02. The van der Waals surface area contributed by atoms with Crippen molar-refractivity contribution in [1.82, 2.24) is 5.32 Å². The molecule has 0 saturated carbocycles. The van der Waals surface area contributed by atoms with Gasteiger partial charge in [-0.05, 0) is 28.1 Å². The van der Waals surface area contributed by atoms with Crippen molar-refractivity contribution in [3.8, 4) is 18.1 Å². The highest BCUT2D eigenvalue weighted by Crippen LogP contribution is 2.32. The minimum absolute atomic E-state index is 0.734. The first-order valence-electron chi connectivity index (χ1n) is 4.85. The third-order valence-electron chi connectivity index (χ3n) is 2.05. The lowest BCUT2D eigenvalue weighted by molar-refractivity contribution is 0.405. The molecule has 1 aromatic carbocycles. The van der Waals surface area contributed by atoms with Gasteiger partial charge in [0.15, 0.2) is 0 Å². The van der Waals surface area contributed by atoms with Crippen molar-refractivity contribution >= 4 is 31.9 Å². The highest BCUT2D eigenvalue weighted by atomic mass is 79.9. The Morgan fingerprint density at radius 3 is 2.81 bits per heavy atom. The fourth-order valence-corrected chi connectivity index (χ4v) is 2.83. The van der Waals surface area contributed by atoms with E-state index in [1.54, 1.807) is 7.11 Å². The summed E-state index contributed by atoms with van der Waals surface area (Å²) in [5, 5.41) is 3.27. The standard InChI is InChI=1S/C12H13Br2NO/c1-3-4-5-15-8-9-6-10(13)7-11(14)12(9)16-2/h1,6-7,15H,4-5,8H2,2H3. The van der Waals surface area contributed by atoms with Crippen LogP contribution < -0.4 is 10.1 Å². The molecule has 0 amide bonds. The molecular formula is C12H13Br2NO. The number of nitrogens with one attached hydrogen (secondary N) is 1. The predicted molar refractivity (Wildman–Crippen MR) is 73.6 cm³/mol. The van der Waals surface area contributed by atoms with E-state index in [0.717, 1.165) is 39.8 Å². The van der Waals surface area contributed by atoms with Crippen molar-refractivity contribution in [2.75, 3.05) is 13.7 Å². The molecule has 0 radical (unpaired) electrons. The molecule has 0 bridgehead atoms. The fraction of sp³-hybridized carbons (Fsp3) is 0.333. The first kappa shape index (κ1) is 13.6. The molecule has 0 atom stereocenters. The summed E-state index contributed by atoms with van der Waals surface area (Å²) in [5.74, 6) is 3.45. The molecule has 0 aromatic heterocycles. The van der Waals surface area contributed by atoms with Crippen LogP contribution in [0.15, 0.2) is 21.1 Å². The van der Waals surface area contributed by atoms with Gasteiger partial charge in [0.25, 0.3) is 0 Å². The number of benzene rings is 1. The summed E-state index contributed by atoms with van der Waals surface area (Å²) in [5.41, 5.74) is 1.10.